The molecule has 2 N–H and O–H groups in total. The average molecular weight is 371 g/mol. The number of halogens is 1. The van der Waals surface area contributed by atoms with E-state index in [4.69, 9.17) is 11.6 Å². The van der Waals surface area contributed by atoms with Gasteiger partial charge in [-0.3, -0.25) is 9.59 Å². The van der Waals surface area contributed by atoms with Gasteiger partial charge < -0.3 is 10.6 Å². The van der Waals surface area contributed by atoms with E-state index in [-0.39, 0.29) is 17.2 Å². The Balaban J connectivity index is 1.64. The van der Waals surface area contributed by atoms with Gasteiger partial charge in [0.05, 0.1) is 5.41 Å². The Hall–Kier alpha value is -2.33. The number of nitrogens with one attached hydrogen (secondary N) is 2. The summed E-state index contributed by atoms with van der Waals surface area (Å²) in [6, 6.07) is 14.3. The van der Waals surface area contributed by atoms with Gasteiger partial charge in [0.2, 0.25) is 5.91 Å². The Bertz CT molecular complexity index is 781. The van der Waals surface area contributed by atoms with Crippen molar-refractivity contribution in [3.05, 3.63) is 64.7 Å². The molecule has 2 aromatic carbocycles. The maximum atomic E-state index is 12.5. The monoisotopic (exact) mass is 370 g/mol. The Morgan fingerprint density at radius 2 is 1.69 bits per heavy atom. The van der Waals surface area contributed by atoms with Crippen LogP contribution in [0.4, 0.5) is 5.69 Å². The summed E-state index contributed by atoms with van der Waals surface area (Å²) in [6.07, 6.45) is 3.82. The molecule has 1 aliphatic rings. The number of unbranched alkanes of at least 4 members (excludes halogenated alkanes) is 1. The van der Waals surface area contributed by atoms with Crippen molar-refractivity contribution in [1.82, 2.24) is 5.32 Å². The van der Waals surface area contributed by atoms with Crippen LogP contribution in [-0.2, 0) is 10.2 Å². The van der Waals surface area contributed by atoms with Crippen molar-refractivity contribution in [2.75, 3.05) is 11.9 Å². The van der Waals surface area contributed by atoms with E-state index < -0.39 is 0 Å². The highest BCUT2D eigenvalue weighted by atomic mass is 35.5. The molecule has 0 unspecified atom stereocenters. The summed E-state index contributed by atoms with van der Waals surface area (Å²) in [4.78, 5) is 24.7. The largest absolute Gasteiger partial charge is 0.355 e. The summed E-state index contributed by atoms with van der Waals surface area (Å²) >= 11 is 5.84. The van der Waals surface area contributed by atoms with E-state index in [2.05, 4.69) is 17.6 Å². The zero-order chi connectivity index (χ0) is 18.6. The third-order valence-corrected chi connectivity index (χ3v) is 5.05. The van der Waals surface area contributed by atoms with Gasteiger partial charge in [0.1, 0.15) is 0 Å². The van der Waals surface area contributed by atoms with Crippen molar-refractivity contribution >= 4 is 29.1 Å². The lowest BCUT2D eigenvalue weighted by atomic mass is 9.94. The van der Waals surface area contributed by atoms with Crippen LogP contribution in [0.5, 0.6) is 0 Å². The van der Waals surface area contributed by atoms with Crippen LogP contribution in [0.2, 0.25) is 5.02 Å². The average Bonchev–Trinajstić information content (AvgIpc) is 3.45. The second-order valence-electron chi connectivity index (χ2n) is 6.73. The molecule has 0 radical (unpaired) electrons. The maximum absolute atomic E-state index is 12.5. The summed E-state index contributed by atoms with van der Waals surface area (Å²) < 4.78 is 0. The lowest BCUT2D eigenvalue weighted by molar-refractivity contribution is -0.123. The Kier molecular flexibility index (Phi) is 5.62. The normalized spacial score (nSPS) is 14.5. The van der Waals surface area contributed by atoms with Gasteiger partial charge in [-0.2, -0.15) is 0 Å². The van der Waals surface area contributed by atoms with Crippen molar-refractivity contribution in [3.8, 4) is 0 Å². The van der Waals surface area contributed by atoms with Crippen molar-refractivity contribution in [2.24, 2.45) is 0 Å². The van der Waals surface area contributed by atoms with E-state index in [1.807, 2.05) is 24.3 Å². The minimum atomic E-state index is -0.382. The standard InChI is InChI=1S/C21H23ClN2O2/c1-2-3-14-23-20(26)21(12-13-21)16-6-10-18(11-7-16)24-19(25)15-4-8-17(22)9-5-15/h4-11H,2-3,12-14H2,1H3,(H,23,26)(H,24,25). The third-order valence-electron chi connectivity index (χ3n) is 4.80. The molecule has 3 rings (SSSR count). The predicted molar refractivity (Wildman–Crippen MR) is 105 cm³/mol. The van der Waals surface area contributed by atoms with Crippen LogP contribution in [-0.4, -0.2) is 18.4 Å². The fourth-order valence-corrected chi connectivity index (χ4v) is 3.12. The van der Waals surface area contributed by atoms with Crippen LogP contribution < -0.4 is 10.6 Å². The molecule has 1 aliphatic carbocycles. The molecule has 1 saturated carbocycles. The lowest BCUT2D eigenvalue weighted by Gasteiger charge is -2.16. The fourth-order valence-electron chi connectivity index (χ4n) is 3.00. The molecule has 0 heterocycles. The zero-order valence-electron chi connectivity index (χ0n) is 14.8. The molecule has 1 fully saturated rings. The number of hydrogen-bond donors (Lipinski definition) is 2. The molecular formula is C21H23ClN2O2. The number of carbonyl (C=O) groups excluding carboxylic acids is 2. The van der Waals surface area contributed by atoms with Gasteiger partial charge in [0.15, 0.2) is 0 Å². The van der Waals surface area contributed by atoms with Crippen LogP contribution in [0, 0.1) is 0 Å². The second kappa shape index (κ2) is 7.92. The summed E-state index contributed by atoms with van der Waals surface area (Å²) in [5, 5.41) is 6.50. The molecule has 0 saturated heterocycles. The van der Waals surface area contributed by atoms with Crippen LogP contribution in [0.25, 0.3) is 0 Å². The Labute approximate surface area is 158 Å². The molecule has 26 heavy (non-hydrogen) atoms. The summed E-state index contributed by atoms with van der Waals surface area (Å²) in [6.45, 7) is 2.84. The van der Waals surface area contributed by atoms with Crippen LogP contribution in [0.1, 0.15) is 48.5 Å². The second-order valence-corrected chi connectivity index (χ2v) is 7.17. The summed E-state index contributed by atoms with van der Waals surface area (Å²) in [7, 11) is 0. The molecular weight excluding hydrogens is 348 g/mol. The van der Waals surface area contributed by atoms with Gasteiger partial charge in [-0.15, -0.1) is 0 Å². The minimum absolute atomic E-state index is 0.115. The van der Waals surface area contributed by atoms with Crippen molar-refractivity contribution in [2.45, 2.75) is 38.0 Å². The van der Waals surface area contributed by atoms with E-state index in [1.54, 1.807) is 24.3 Å². The molecule has 4 nitrogen and oxygen atoms in total. The van der Waals surface area contributed by atoms with Crippen LogP contribution >= 0.6 is 11.6 Å². The molecule has 0 bridgehead atoms. The van der Waals surface area contributed by atoms with Gasteiger partial charge in [-0.25, -0.2) is 0 Å². The molecule has 0 atom stereocenters. The molecule has 2 amide bonds. The van der Waals surface area contributed by atoms with Crippen molar-refractivity contribution in [1.29, 1.82) is 0 Å². The fraction of sp³-hybridized carbons (Fsp3) is 0.333. The number of benzene rings is 2. The summed E-state index contributed by atoms with van der Waals surface area (Å²) in [5.41, 5.74) is 1.88. The van der Waals surface area contributed by atoms with E-state index in [9.17, 15) is 9.59 Å². The number of carbonyl (C=O) groups is 2. The highest BCUT2D eigenvalue weighted by molar-refractivity contribution is 6.30. The molecule has 136 valence electrons. The number of anilines is 1. The Morgan fingerprint density at radius 1 is 1.04 bits per heavy atom. The first kappa shape index (κ1) is 18.5. The highest BCUT2D eigenvalue weighted by Crippen LogP contribution is 2.48. The first-order valence-electron chi connectivity index (χ1n) is 9.01. The minimum Gasteiger partial charge on any atom is -0.355 e. The van der Waals surface area contributed by atoms with Gasteiger partial charge in [0, 0.05) is 22.8 Å². The Morgan fingerprint density at radius 3 is 2.27 bits per heavy atom. The number of amides is 2. The van der Waals surface area contributed by atoms with Gasteiger partial charge in [-0.05, 0) is 61.2 Å². The first-order chi connectivity index (χ1) is 12.5. The quantitative estimate of drug-likeness (QED) is 0.703. The number of hydrogen-bond acceptors (Lipinski definition) is 2. The molecule has 0 spiro atoms. The smallest absolute Gasteiger partial charge is 0.255 e. The first-order valence-corrected chi connectivity index (χ1v) is 9.39. The molecule has 5 heteroatoms. The molecule has 2 aromatic rings. The van der Waals surface area contributed by atoms with E-state index in [1.165, 1.54) is 0 Å². The number of rotatable bonds is 7. The maximum Gasteiger partial charge on any atom is 0.255 e. The zero-order valence-corrected chi connectivity index (χ0v) is 15.6. The van der Waals surface area contributed by atoms with E-state index in [0.29, 0.717) is 16.3 Å². The third kappa shape index (κ3) is 4.07. The van der Waals surface area contributed by atoms with Crippen LogP contribution in [0.3, 0.4) is 0 Å². The summed E-state index contributed by atoms with van der Waals surface area (Å²) in [5.74, 6) is -0.0724. The van der Waals surface area contributed by atoms with Gasteiger partial charge >= 0.3 is 0 Å². The topological polar surface area (TPSA) is 58.2 Å². The predicted octanol–water partition coefficient (Wildman–Crippen LogP) is 4.54. The molecule has 0 aliphatic heterocycles. The van der Waals surface area contributed by atoms with Gasteiger partial charge in [0.25, 0.3) is 5.91 Å². The SMILES string of the molecule is CCCCNC(=O)C1(c2ccc(NC(=O)c3ccc(Cl)cc3)cc2)CC1. The van der Waals surface area contributed by atoms with E-state index >= 15 is 0 Å². The lowest BCUT2D eigenvalue weighted by Crippen LogP contribution is -2.35. The van der Waals surface area contributed by atoms with Crippen molar-refractivity contribution < 1.29 is 9.59 Å². The van der Waals surface area contributed by atoms with Gasteiger partial charge in [-0.1, -0.05) is 37.1 Å². The molecule has 0 aromatic heterocycles. The van der Waals surface area contributed by atoms with Crippen LogP contribution in [0.15, 0.2) is 48.5 Å². The van der Waals surface area contributed by atoms with Crippen molar-refractivity contribution in [3.63, 3.8) is 0 Å². The van der Waals surface area contributed by atoms with E-state index in [0.717, 1.165) is 37.8 Å². The highest BCUT2D eigenvalue weighted by Gasteiger charge is 2.50.